The number of hydrogen-bond donors (Lipinski definition) is 1. The second kappa shape index (κ2) is 10.1. The van der Waals surface area contributed by atoms with Gasteiger partial charge >= 0.3 is 0 Å². The van der Waals surface area contributed by atoms with Crippen LogP contribution < -0.4 is 14.8 Å². The van der Waals surface area contributed by atoms with Crippen LogP contribution in [0.1, 0.15) is 36.1 Å². The Kier molecular flexibility index (Phi) is 6.97. The Hall–Kier alpha value is -3.99. The zero-order valence-electron chi connectivity index (χ0n) is 21.1. The summed E-state index contributed by atoms with van der Waals surface area (Å²) in [6, 6.07) is 16.0. The molecule has 0 aliphatic carbocycles. The molecule has 0 fully saturated rings. The van der Waals surface area contributed by atoms with E-state index < -0.39 is 0 Å². The van der Waals surface area contributed by atoms with E-state index in [1.54, 1.807) is 19.4 Å². The van der Waals surface area contributed by atoms with E-state index in [1.807, 2.05) is 77.1 Å². The van der Waals surface area contributed by atoms with Crippen LogP contribution in [-0.4, -0.2) is 19.6 Å². The van der Waals surface area contributed by atoms with Crippen LogP contribution >= 0.6 is 0 Å². The number of nitrogens with one attached hydrogen (secondary N) is 1. The van der Waals surface area contributed by atoms with Gasteiger partial charge < -0.3 is 19.2 Å². The van der Waals surface area contributed by atoms with Crippen molar-refractivity contribution < 1.29 is 18.7 Å². The molecule has 4 aromatic rings. The molecule has 4 rings (SSSR count). The van der Waals surface area contributed by atoms with E-state index in [0.29, 0.717) is 12.4 Å². The zero-order valence-corrected chi connectivity index (χ0v) is 21.1. The lowest BCUT2D eigenvalue weighted by atomic mass is 9.96. The number of amides is 1. The summed E-state index contributed by atoms with van der Waals surface area (Å²) in [5.41, 5.74) is 8.29. The number of rotatable bonds is 7. The molecule has 0 saturated carbocycles. The van der Waals surface area contributed by atoms with Crippen molar-refractivity contribution in [1.82, 2.24) is 0 Å². The largest absolute Gasteiger partial charge is 0.496 e. The Morgan fingerprint density at radius 2 is 1.71 bits per heavy atom. The summed E-state index contributed by atoms with van der Waals surface area (Å²) in [5, 5.41) is 3.94. The number of benzene rings is 3. The average Bonchev–Trinajstić information content (AvgIpc) is 3.23. The Morgan fingerprint density at radius 3 is 2.34 bits per heavy atom. The van der Waals surface area contributed by atoms with Gasteiger partial charge in [-0.2, -0.15) is 0 Å². The van der Waals surface area contributed by atoms with Gasteiger partial charge in [-0.1, -0.05) is 18.2 Å². The average molecular weight is 470 g/mol. The molecule has 3 aromatic carbocycles. The van der Waals surface area contributed by atoms with E-state index in [0.717, 1.165) is 61.4 Å². The van der Waals surface area contributed by atoms with Gasteiger partial charge in [0.15, 0.2) is 0 Å². The molecule has 0 saturated heterocycles. The van der Waals surface area contributed by atoms with Crippen molar-refractivity contribution in [2.75, 3.05) is 19.0 Å². The van der Waals surface area contributed by atoms with E-state index in [4.69, 9.17) is 13.9 Å². The summed E-state index contributed by atoms with van der Waals surface area (Å²) in [6.07, 6.45) is 3.37. The first-order chi connectivity index (χ1) is 16.8. The number of carbonyl (C=O) groups excluding carboxylic acids is 1. The Balaban J connectivity index is 1.73. The predicted octanol–water partition coefficient (Wildman–Crippen LogP) is 7.47. The molecule has 0 radical (unpaired) electrons. The number of carbonyl (C=O) groups is 1. The number of anilines is 1. The second-order valence-corrected chi connectivity index (χ2v) is 8.76. The second-order valence-electron chi connectivity index (χ2n) is 8.76. The fraction of sp³-hybridized carbons (Fsp3) is 0.233. The van der Waals surface area contributed by atoms with E-state index in [2.05, 4.69) is 11.4 Å². The van der Waals surface area contributed by atoms with Crippen LogP contribution in [0.2, 0.25) is 0 Å². The molecule has 0 spiro atoms. The van der Waals surface area contributed by atoms with Gasteiger partial charge in [-0.15, -0.1) is 0 Å². The van der Waals surface area contributed by atoms with Crippen molar-refractivity contribution in [3.63, 3.8) is 0 Å². The van der Waals surface area contributed by atoms with Crippen LogP contribution in [0.3, 0.4) is 0 Å². The number of furan rings is 1. The SMILES string of the molecule is CCOc1ccc(-c2coc3c(C)c(OC)c(/C(C)=C/C(=O)Nc4cc(C)cc(C)c4)cc23)cc1. The number of fused-ring (bicyclic) bond motifs is 1. The Bertz CT molecular complexity index is 1390. The van der Waals surface area contributed by atoms with Crippen molar-refractivity contribution >= 4 is 28.1 Å². The summed E-state index contributed by atoms with van der Waals surface area (Å²) in [4.78, 5) is 12.8. The molecule has 0 unspecified atom stereocenters. The van der Waals surface area contributed by atoms with Gasteiger partial charge in [0.1, 0.15) is 17.1 Å². The molecule has 5 heteroatoms. The highest BCUT2D eigenvalue weighted by Gasteiger charge is 2.19. The van der Waals surface area contributed by atoms with Crippen LogP contribution in [0, 0.1) is 20.8 Å². The van der Waals surface area contributed by atoms with Crippen LogP contribution in [0.4, 0.5) is 5.69 Å². The first kappa shape index (κ1) is 24.1. The third-order valence-corrected chi connectivity index (χ3v) is 5.99. The third kappa shape index (κ3) is 5.09. The minimum Gasteiger partial charge on any atom is -0.496 e. The highest BCUT2D eigenvalue weighted by molar-refractivity contribution is 6.06. The standard InChI is InChI=1S/C30H31NO4/c1-7-34-24-10-8-22(9-11-24)27-17-35-30-21(5)29(33-6)25(16-26(27)30)20(4)15-28(32)31-23-13-18(2)12-19(3)14-23/h8-17H,7H2,1-6H3,(H,31,32)/b20-15+. The number of aryl methyl sites for hydroxylation is 3. The molecule has 5 nitrogen and oxygen atoms in total. The molecule has 0 aliphatic heterocycles. The van der Waals surface area contributed by atoms with Gasteiger partial charge in [-0.3, -0.25) is 4.79 Å². The number of hydrogen-bond acceptors (Lipinski definition) is 4. The smallest absolute Gasteiger partial charge is 0.248 e. The van der Waals surface area contributed by atoms with E-state index >= 15 is 0 Å². The quantitative estimate of drug-likeness (QED) is 0.285. The summed E-state index contributed by atoms with van der Waals surface area (Å²) in [7, 11) is 1.64. The van der Waals surface area contributed by atoms with Gasteiger partial charge in [0, 0.05) is 33.8 Å². The van der Waals surface area contributed by atoms with Crippen LogP contribution in [0.25, 0.3) is 27.7 Å². The summed E-state index contributed by atoms with van der Waals surface area (Å²) in [6.45, 7) is 10.5. The minimum absolute atomic E-state index is 0.189. The van der Waals surface area contributed by atoms with Gasteiger partial charge in [0.25, 0.3) is 0 Å². The van der Waals surface area contributed by atoms with Crippen molar-refractivity contribution in [2.24, 2.45) is 0 Å². The molecule has 35 heavy (non-hydrogen) atoms. The highest BCUT2D eigenvalue weighted by atomic mass is 16.5. The van der Waals surface area contributed by atoms with E-state index in [-0.39, 0.29) is 5.91 Å². The monoisotopic (exact) mass is 469 g/mol. The maximum absolute atomic E-state index is 12.8. The van der Waals surface area contributed by atoms with Gasteiger partial charge in [0.05, 0.1) is 20.0 Å². The zero-order chi connectivity index (χ0) is 25.1. The van der Waals surface area contributed by atoms with Crippen LogP contribution in [-0.2, 0) is 4.79 Å². The van der Waals surface area contributed by atoms with Gasteiger partial charge in [0.2, 0.25) is 5.91 Å². The Morgan fingerprint density at radius 1 is 1.03 bits per heavy atom. The predicted molar refractivity (Wildman–Crippen MR) is 142 cm³/mol. The van der Waals surface area contributed by atoms with Crippen molar-refractivity contribution in [3.05, 3.63) is 83.1 Å². The van der Waals surface area contributed by atoms with Gasteiger partial charge in [-0.25, -0.2) is 0 Å². The Labute approximate surface area is 206 Å². The molecular weight excluding hydrogens is 438 g/mol. The fourth-order valence-corrected chi connectivity index (χ4v) is 4.49. The third-order valence-electron chi connectivity index (χ3n) is 5.99. The van der Waals surface area contributed by atoms with Crippen molar-refractivity contribution in [3.8, 4) is 22.6 Å². The summed E-state index contributed by atoms with van der Waals surface area (Å²) in [5.74, 6) is 1.33. The molecule has 1 aromatic heterocycles. The molecule has 0 atom stereocenters. The fourth-order valence-electron chi connectivity index (χ4n) is 4.49. The molecule has 1 amide bonds. The molecular formula is C30H31NO4. The number of ether oxygens (including phenoxy) is 2. The van der Waals surface area contributed by atoms with Gasteiger partial charge in [-0.05, 0) is 87.2 Å². The van der Waals surface area contributed by atoms with E-state index in [1.165, 1.54) is 0 Å². The molecule has 1 N–H and O–H groups in total. The number of methoxy groups -OCH3 is 1. The molecule has 1 heterocycles. The topological polar surface area (TPSA) is 60.7 Å². The van der Waals surface area contributed by atoms with Crippen LogP contribution in [0.15, 0.2) is 65.3 Å². The van der Waals surface area contributed by atoms with Crippen molar-refractivity contribution in [2.45, 2.75) is 34.6 Å². The first-order valence-electron chi connectivity index (χ1n) is 11.7. The van der Waals surface area contributed by atoms with E-state index in [9.17, 15) is 4.79 Å². The normalized spacial score (nSPS) is 11.5. The maximum atomic E-state index is 12.8. The molecule has 180 valence electrons. The lowest BCUT2D eigenvalue weighted by Crippen LogP contribution is -2.09. The van der Waals surface area contributed by atoms with Crippen molar-refractivity contribution in [1.29, 1.82) is 0 Å². The minimum atomic E-state index is -0.189. The lowest BCUT2D eigenvalue weighted by Gasteiger charge is -2.13. The maximum Gasteiger partial charge on any atom is 0.248 e. The molecule has 0 aliphatic rings. The number of allylic oxidation sites excluding steroid dienone is 1. The summed E-state index contributed by atoms with van der Waals surface area (Å²) >= 11 is 0. The first-order valence-corrected chi connectivity index (χ1v) is 11.7. The van der Waals surface area contributed by atoms with Crippen LogP contribution in [0.5, 0.6) is 11.5 Å². The highest BCUT2D eigenvalue weighted by Crippen LogP contribution is 2.40. The molecule has 0 bridgehead atoms. The summed E-state index contributed by atoms with van der Waals surface area (Å²) < 4.78 is 17.3. The lowest BCUT2D eigenvalue weighted by molar-refractivity contribution is -0.111.